The van der Waals surface area contributed by atoms with Gasteiger partial charge >= 0.3 is 0 Å². The van der Waals surface area contributed by atoms with Gasteiger partial charge in [0.1, 0.15) is 0 Å². The average Bonchev–Trinajstić information content (AvgIpc) is 2.77. The Kier molecular flexibility index (Phi) is 7.80. The smallest absolute Gasteiger partial charge is 0.238 e. The zero-order valence-corrected chi connectivity index (χ0v) is 19.5. The van der Waals surface area contributed by atoms with E-state index in [-0.39, 0.29) is 30.4 Å². The number of piperazine rings is 1. The molecule has 1 fully saturated rings. The van der Waals surface area contributed by atoms with Crippen LogP contribution in [0.2, 0.25) is 0 Å². The Morgan fingerprint density at radius 1 is 0.844 bits per heavy atom. The third-order valence-corrected chi connectivity index (χ3v) is 6.37. The van der Waals surface area contributed by atoms with Crippen molar-refractivity contribution in [1.29, 1.82) is 0 Å². The number of hydrogen-bond donors (Lipinski definition) is 1. The fourth-order valence-corrected chi connectivity index (χ4v) is 3.87. The van der Waals surface area contributed by atoms with Crippen molar-refractivity contribution in [3.8, 4) is 0 Å². The fourth-order valence-electron chi connectivity index (χ4n) is 3.87. The molecule has 2 amide bonds. The third-order valence-electron chi connectivity index (χ3n) is 6.37. The summed E-state index contributed by atoms with van der Waals surface area (Å²) in [6.45, 7) is 10.8. The van der Waals surface area contributed by atoms with Gasteiger partial charge in [-0.05, 0) is 62.1 Å². The monoisotopic (exact) mass is 435 g/mol. The number of rotatable bonds is 7. The molecule has 0 saturated carbocycles. The van der Waals surface area contributed by atoms with Crippen LogP contribution in [0.4, 0.5) is 5.69 Å². The molecule has 2 aromatic rings. The molecule has 0 unspecified atom stereocenters. The van der Waals surface area contributed by atoms with Crippen molar-refractivity contribution >= 4 is 23.3 Å². The zero-order valence-electron chi connectivity index (χ0n) is 19.5. The van der Waals surface area contributed by atoms with E-state index in [1.54, 1.807) is 4.90 Å². The first-order valence-electron chi connectivity index (χ1n) is 11.2. The van der Waals surface area contributed by atoms with E-state index < -0.39 is 0 Å². The highest BCUT2D eigenvalue weighted by Crippen LogP contribution is 2.18. The molecule has 0 bridgehead atoms. The molecule has 0 radical (unpaired) electrons. The van der Waals surface area contributed by atoms with Gasteiger partial charge in [-0.1, -0.05) is 24.3 Å². The van der Waals surface area contributed by atoms with E-state index in [0.29, 0.717) is 38.3 Å². The van der Waals surface area contributed by atoms with Gasteiger partial charge in [0.05, 0.1) is 6.54 Å². The average molecular weight is 436 g/mol. The molecule has 6 heteroatoms. The number of carbonyl (C=O) groups excluding carboxylic acids is 3. The first-order valence-corrected chi connectivity index (χ1v) is 11.2. The van der Waals surface area contributed by atoms with Crippen molar-refractivity contribution < 1.29 is 14.4 Å². The Bertz CT molecular complexity index is 1010. The van der Waals surface area contributed by atoms with Crippen LogP contribution in [0.15, 0.2) is 36.4 Å². The van der Waals surface area contributed by atoms with Crippen molar-refractivity contribution in [3.63, 3.8) is 0 Å². The Labute approximate surface area is 190 Å². The highest BCUT2D eigenvalue weighted by atomic mass is 16.2. The van der Waals surface area contributed by atoms with E-state index in [9.17, 15) is 14.4 Å². The largest absolute Gasteiger partial charge is 0.340 e. The second-order valence-corrected chi connectivity index (χ2v) is 8.67. The van der Waals surface area contributed by atoms with Crippen LogP contribution in [0.25, 0.3) is 0 Å². The van der Waals surface area contributed by atoms with E-state index in [1.165, 1.54) is 0 Å². The van der Waals surface area contributed by atoms with Gasteiger partial charge in [0, 0.05) is 50.3 Å². The van der Waals surface area contributed by atoms with Crippen molar-refractivity contribution in [2.45, 2.75) is 40.5 Å². The summed E-state index contributed by atoms with van der Waals surface area (Å²) in [5.74, 6) is -0.0395. The minimum atomic E-state index is -0.0440. The highest BCUT2D eigenvalue weighted by Gasteiger charge is 2.23. The maximum atomic E-state index is 12.6. The van der Waals surface area contributed by atoms with Crippen molar-refractivity contribution in [2.75, 3.05) is 38.0 Å². The number of hydrogen-bond acceptors (Lipinski definition) is 4. The van der Waals surface area contributed by atoms with Crippen LogP contribution in [0.5, 0.6) is 0 Å². The number of amides is 2. The Morgan fingerprint density at radius 2 is 1.56 bits per heavy atom. The number of aryl methyl sites for hydroxylation is 3. The zero-order chi connectivity index (χ0) is 23.3. The predicted molar refractivity (Wildman–Crippen MR) is 127 cm³/mol. The molecule has 1 saturated heterocycles. The highest BCUT2D eigenvalue weighted by molar-refractivity contribution is 5.98. The third kappa shape index (κ3) is 6.04. The van der Waals surface area contributed by atoms with Crippen LogP contribution in [-0.4, -0.2) is 60.1 Å². The summed E-state index contributed by atoms with van der Waals surface area (Å²) in [5, 5.41) is 2.99. The number of anilines is 1. The summed E-state index contributed by atoms with van der Waals surface area (Å²) in [6, 6.07) is 11.5. The van der Waals surface area contributed by atoms with Gasteiger partial charge in [0.15, 0.2) is 5.78 Å². The molecule has 1 aliphatic heterocycles. The van der Waals surface area contributed by atoms with Crippen molar-refractivity contribution in [1.82, 2.24) is 9.80 Å². The van der Waals surface area contributed by atoms with E-state index in [2.05, 4.69) is 10.2 Å². The fraction of sp³-hybridized carbons (Fsp3) is 0.423. The summed E-state index contributed by atoms with van der Waals surface area (Å²) >= 11 is 0. The normalized spacial score (nSPS) is 14.3. The number of carbonyl (C=O) groups is 3. The molecule has 0 spiro atoms. The van der Waals surface area contributed by atoms with Crippen LogP contribution in [0.3, 0.4) is 0 Å². The quantitative estimate of drug-likeness (QED) is 0.674. The molecule has 2 aromatic carbocycles. The SMILES string of the molecule is Cc1ccc(C(=O)CCC(=O)N2CCN(CC(=O)Nc3cccc(C)c3C)CC2)cc1C. The molecule has 6 nitrogen and oxygen atoms in total. The minimum absolute atomic E-state index is 0.00155. The molecular formula is C26H33N3O3. The van der Waals surface area contributed by atoms with Crippen molar-refractivity contribution in [3.05, 3.63) is 64.2 Å². The minimum Gasteiger partial charge on any atom is -0.340 e. The van der Waals surface area contributed by atoms with E-state index in [4.69, 9.17) is 0 Å². The lowest BCUT2D eigenvalue weighted by molar-refractivity contribution is -0.133. The van der Waals surface area contributed by atoms with Gasteiger partial charge in [-0.15, -0.1) is 0 Å². The van der Waals surface area contributed by atoms with Crippen LogP contribution >= 0.6 is 0 Å². The van der Waals surface area contributed by atoms with Crippen LogP contribution in [-0.2, 0) is 9.59 Å². The van der Waals surface area contributed by atoms with Crippen molar-refractivity contribution in [2.24, 2.45) is 0 Å². The standard InChI is InChI=1S/C26H33N3O3/c1-18-8-9-22(16-20(18)3)24(30)10-11-26(32)29-14-12-28(13-15-29)17-25(31)27-23-7-5-6-19(2)21(23)4/h5-9,16H,10-15,17H2,1-4H3,(H,27,31). The molecule has 0 aromatic heterocycles. The van der Waals surface area contributed by atoms with Gasteiger partial charge in [-0.25, -0.2) is 0 Å². The number of ketones is 1. The topological polar surface area (TPSA) is 69.7 Å². The van der Waals surface area contributed by atoms with E-state index in [0.717, 1.165) is 27.9 Å². The molecule has 32 heavy (non-hydrogen) atoms. The van der Waals surface area contributed by atoms with Crippen LogP contribution in [0, 0.1) is 27.7 Å². The summed E-state index contributed by atoms with van der Waals surface area (Å²) in [7, 11) is 0. The molecule has 1 N–H and O–H groups in total. The summed E-state index contributed by atoms with van der Waals surface area (Å²) < 4.78 is 0. The lowest BCUT2D eigenvalue weighted by Crippen LogP contribution is -2.50. The second kappa shape index (κ2) is 10.6. The van der Waals surface area contributed by atoms with Gasteiger partial charge in [-0.3, -0.25) is 19.3 Å². The molecule has 0 aliphatic carbocycles. The lowest BCUT2D eigenvalue weighted by Gasteiger charge is -2.34. The number of nitrogens with one attached hydrogen (secondary N) is 1. The summed E-state index contributed by atoms with van der Waals surface area (Å²) in [6.07, 6.45) is 0.443. The summed E-state index contributed by atoms with van der Waals surface area (Å²) in [4.78, 5) is 41.3. The van der Waals surface area contributed by atoms with E-state index in [1.807, 2.05) is 64.1 Å². The predicted octanol–water partition coefficient (Wildman–Crippen LogP) is 3.67. The Hall–Kier alpha value is -2.99. The van der Waals surface area contributed by atoms with Gasteiger partial charge in [-0.2, -0.15) is 0 Å². The molecule has 1 aliphatic rings. The van der Waals surface area contributed by atoms with E-state index >= 15 is 0 Å². The van der Waals surface area contributed by atoms with Crippen LogP contribution in [0.1, 0.15) is 45.5 Å². The number of benzene rings is 2. The van der Waals surface area contributed by atoms with Crippen LogP contribution < -0.4 is 5.32 Å². The molecular weight excluding hydrogens is 402 g/mol. The summed E-state index contributed by atoms with van der Waals surface area (Å²) in [5.41, 5.74) is 5.97. The van der Waals surface area contributed by atoms with Gasteiger partial charge < -0.3 is 10.2 Å². The lowest BCUT2D eigenvalue weighted by atomic mass is 10.0. The maximum Gasteiger partial charge on any atom is 0.238 e. The maximum absolute atomic E-state index is 12.6. The van der Waals surface area contributed by atoms with Gasteiger partial charge in [0.2, 0.25) is 11.8 Å². The molecule has 3 rings (SSSR count). The second-order valence-electron chi connectivity index (χ2n) is 8.67. The van der Waals surface area contributed by atoms with Gasteiger partial charge in [0.25, 0.3) is 0 Å². The first kappa shape index (κ1) is 23.7. The number of nitrogens with zero attached hydrogens (tertiary/aromatic N) is 2. The first-order chi connectivity index (χ1) is 15.2. The number of Topliss-reactive ketones (excluding diaryl/α,β-unsaturated/α-hetero) is 1. The molecule has 0 atom stereocenters. The Balaban J connectivity index is 1.42. The molecule has 170 valence electrons. The Morgan fingerprint density at radius 3 is 2.25 bits per heavy atom. The molecule has 1 heterocycles.